The quantitative estimate of drug-likeness (QED) is 0.669. The fraction of sp³-hybridized carbons (Fsp3) is 0.364. The molecule has 0 aliphatic carbocycles. The first-order chi connectivity index (χ1) is 7.17. The van der Waals surface area contributed by atoms with Crippen molar-refractivity contribution in [3.05, 3.63) is 28.2 Å². The van der Waals surface area contributed by atoms with Crippen LogP contribution in [0.4, 0.5) is 0 Å². The molecular weight excluding hydrogens is 276 g/mol. The summed E-state index contributed by atoms with van der Waals surface area (Å²) in [5, 5.41) is 8.88. The summed E-state index contributed by atoms with van der Waals surface area (Å²) in [6, 6.07) is 5.64. The number of halogens is 1. The second-order valence-corrected chi connectivity index (χ2v) is 5.35. The van der Waals surface area contributed by atoms with Crippen molar-refractivity contribution in [1.29, 1.82) is 0 Å². The number of rotatable bonds is 5. The number of aliphatic hydroxyl groups excluding tert-OH is 1. The monoisotopic (exact) mass is 288 g/mol. The van der Waals surface area contributed by atoms with Crippen molar-refractivity contribution in [2.24, 2.45) is 5.92 Å². The fourth-order valence-electron chi connectivity index (χ4n) is 0.984. The molecule has 0 aromatic heterocycles. The summed E-state index contributed by atoms with van der Waals surface area (Å²) in [4.78, 5) is 11.7. The number of benzene rings is 1. The third-order valence-corrected chi connectivity index (χ3v) is 3.95. The van der Waals surface area contributed by atoms with Crippen LogP contribution in [0.2, 0.25) is 0 Å². The average Bonchev–Trinajstić information content (AvgIpc) is 2.26. The lowest BCUT2D eigenvalue weighted by Crippen LogP contribution is -2.03. The first kappa shape index (κ1) is 12.7. The van der Waals surface area contributed by atoms with Gasteiger partial charge in [0.15, 0.2) is 6.29 Å². The van der Waals surface area contributed by atoms with Crippen LogP contribution in [0.3, 0.4) is 0 Å². The standard InChI is InChI=1S/C11H13BrO2S/c1-8(5-13)7-15-10-3-2-9(6-14)11(12)4-10/h2-4,6,8,13H,5,7H2,1H3. The third kappa shape index (κ3) is 3.97. The number of aldehydes is 1. The van der Waals surface area contributed by atoms with Gasteiger partial charge in [-0.1, -0.05) is 22.9 Å². The van der Waals surface area contributed by atoms with Gasteiger partial charge in [0, 0.05) is 27.3 Å². The maximum Gasteiger partial charge on any atom is 0.151 e. The highest BCUT2D eigenvalue weighted by molar-refractivity contribution is 9.10. The Balaban J connectivity index is 2.63. The first-order valence-electron chi connectivity index (χ1n) is 4.65. The van der Waals surface area contributed by atoms with Gasteiger partial charge in [-0.05, 0) is 24.1 Å². The van der Waals surface area contributed by atoms with Crippen molar-refractivity contribution in [3.63, 3.8) is 0 Å². The number of carbonyl (C=O) groups is 1. The van der Waals surface area contributed by atoms with Crippen LogP contribution >= 0.6 is 27.7 Å². The molecule has 0 saturated carbocycles. The first-order valence-corrected chi connectivity index (χ1v) is 6.43. The summed E-state index contributed by atoms with van der Waals surface area (Å²) >= 11 is 5.02. The predicted molar refractivity (Wildman–Crippen MR) is 66.5 cm³/mol. The van der Waals surface area contributed by atoms with E-state index in [9.17, 15) is 4.79 Å². The largest absolute Gasteiger partial charge is 0.396 e. The fourth-order valence-corrected chi connectivity index (χ4v) is 2.56. The summed E-state index contributed by atoms with van der Waals surface area (Å²) in [5.41, 5.74) is 0.662. The van der Waals surface area contributed by atoms with E-state index in [1.54, 1.807) is 17.8 Å². The molecule has 2 nitrogen and oxygen atoms in total. The Morgan fingerprint density at radius 1 is 1.60 bits per heavy atom. The molecule has 4 heteroatoms. The summed E-state index contributed by atoms with van der Waals surface area (Å²) in [7, 11) is 0. The molecule has 0 saturated heterocycles. The third-order valence-electron chi connectivity index (χ3n) is 1.95. The van der Waals surface area contributed by atoms with Crippen molar-refractivity contribution in [2.45, 2.75) is 11.8 Å². The molecule has 0 spiro atoms. The van der Waals surface area contributed by atoms with Gasteiger partial charge in [-0.15, -0.1) is 11.8 Å². The van der Waals surface area contributed by atoms with Crippen LogP contribution in [0.25, 0.3) is 0 Å². The molecule has 0 heterocycles. The van der Waals surface area contributed by atoms with E-state index >= 15 is 0 Å². The van der Waals surface area contributed by atoms with Crippen molar-refractivity contribution in [3.8, 4) is 0 Å². The molecule has 1 atom stereocenters. The van der Waals surface area contributed by atoms with Gasteiger partial charge in [0.25, 0.3) is 0 Å². The SMILES string of the molecule is CC(CO)CSc1ccc(C=O)c(Br)c1. The Bertz CT molecular complexity index is 341. The molecule has 0 radical (unpaired) electrons. The molecule has 15 heavy (non-hydrogen) atoms. The van der Waals surface area contributed by atoms with E-state index in [1.807, 2.05) is 19.1 Å². The molecule has 0 aliphatic rings. The Hall–Kier alpha value is -0.320. The maximum absolute atomic E-state index is 10.6. The lowest BCUT2D eigenvalue weighted by atomic mass is 10.2. The van der Waals surface area contributed by atoms with Crippen LogP contribution < -0.4 is 0 Å². The van der Waals surface area contributed by atoms with Crippen LogP contribution in [0.5, 0.6) is 0 Å². The van der Waals surface area contributed by atoms with E-state index in [0.717, 1.165) is 21.4 Å². The lowest BCUT2D eigenvalue weighted by molar-refractivity contribution is 0.112. The number of hydrogen-bond donors (Lipinski definition) is 1. The molecule has 0 aliphatic heterocycles. The van der Waals surface area contributed by atoms with E-state index < -0.39 is 0 Å². The minimum absolute atomic E-state index is 0.209. The molecule has 1 N–H and O–H groups in total. The molecule has 1 aromatic rings. The minimum Gasteiger partial charge on any atom is -0.396 e. The zero-order valence-electron chi connectivity index (χ0n) is 8.44. The summed E-state index contributed by atoms with van der Waals surface area (Å²) < 4.78 is 0.819. The van der Waals surface area contributed by atoms with Gasteiger partial charge in [0.2, 0.25) is 0 Å². The lowest BCUT2D eigenvalue weighted by Gasteiger charge is -2.07. The van der Waals surface area contributed by atoms with Crippen LogP contribution in [0.15, 0.2) is 27.6 Å². The second kappa shape index (κ2) is 6.30. The molecule has 0 bridgehead atoms. The van der Waals surface area contributed by atoms with Gasteiger partial charge in [-0.2, -0.15) is 0 Å². The molecule has 0 fully saturated rings. The average molecular weight is 289 g/mol. The summed E-state index contributed by atoms with van der Waals surface area (Å²) in [6.45, 7) is 2.21. The predicted octanol–water partition coefficient (Wildman–Crippen LogP) is 2.98. The smallest absolute Gasteiger partial charge is 0.151 e. The van der Waals surface area contributed by atoms with Gasteiger partial charge >= 0.3 is 0 Å². The van der Waals surface area contributed by atoms with Crippen LogP contribution in [0.1, 0.15) is 17.3 Å². The zero-order valence-corrected chi connectivity index (χ0v) is 10.8. The summed E-state index contributed by atoms with van der Waals surface area (Å²) in [6.07, 6.45) is 0.828. The second-order valence-electron chi connectivity index (χ2n) is 3.40. The van der Waals surface area contributed by atoms with Gasteiger partial charge in [0.1, 0.15) is 0 Å². The molecular formula is C11H13BrO2S. The van der Waals surface area contributed by atoms with Crippen molar-refractivity contribution in [2.75, 3.05) is 12.4 Å². The van der Waals surface area contributed by atoms with Crippen LogP contribution in [-0.4, -0.2) is 23.8 Å². The number of aliphatic hydroxyl groups is 1. The molecule has 1 aromatic carbocycles. The van der Waals surface area contributed by atoms with Gasteiger partial charge in [-0.25, -0.2) is 0 Å². The number of carbonyl (C=O) groups excluding carboxylic acids is 1. The Morgan fingerprint density at radius 3 is 2.87 bits per heavy atom. The van der Waals surface area contributed by atoms with E-state index in [1.165, 1.54) is 0 Å². The van der Waals surface area contributed by atoms with Crippen molar-refractivity contribution in [1.82, 2.24) is 0 Å². The molecule has 1 rings (SSSR count). The normalized spacial score (nSPS) is 12.5. The van der Waals surface area contributed by atoms with Gasteiger partial charge in [-0.3, -0.25) is 4.79 Å². The minimum atomic E-state index is 0.209. The van der Waals surface area contributed by atoms with Crippen LogP contribution in [-0.2, 0) is 0 Å². The van der Waals surface area contributed by atoms with Gasteiger partial charge in [0.05, 0.1) is 0 Å². The van der Waals surface area contributed by atoms with Crippen molar-refractivity contribution < 1.29 is 9.90 Å². The Labute approximate surface area is 102 Å². The van der Waals surface area contributed by atoms with Gasteiger partial charge < -0.3 is 5.11 Å². The number of hydrogen-bond acceptors (Lipinski definition) is 3. The summed E-state index contributed by atoms with van der Waals surface area (Å²) in [5.74, 6) is 1.17. The Morgan fingerprint density at radius 2 is 2.33 bits per heavy atom. The highest BCUT2D eigenvalue weighted by Crippen LogP contribution is 2.25. The maximum atomic E-state index is 10.6. The van der Waals surface area contributed by atoms with E-state index in [4.69, 9.17) is 5.11 Å². The van der Waals surface area contributed by atoms with E-state index in [0.29, 0.717) is 11.5 Å². The van der Waals surface area contributed by atoms with Crippen molar-refractivity contribution >= 4 is 34.0 Å². The highest BCUT2D eigenvalue weighted by Gasteiger charge is 2.04. The molecule has 0 amide bonds. The zero-order chi connectivity index (χ0) is 11.3. The van der Waals surface area contributed by atoms with E-state index in [2.05, 4.69) is 15.9 Å². The Kier molecular flexibility index (Phi) is 5.36. The molecule has 82 valence electrons. The van der Waals surface area contributed by atoms with E-state index in [-0.39, 0.29) is 6.61 Å². The number of thioether (sulfide) groups is 1. The van der Waals surface area contributed by atoms with Crippen LogP contribution in [0, 0.1) is 5.92 Å². The highest BCUT2D eigenvalue weighted by atomic mass is 79.9. The topological polar surface area (TPSA) is 37.3 Å². The molecule has 1 unspecified atom stereocenters.